The van der Waals surface area contributed by atoms with Crippen molar-refractivity contribution in [2.75, 3.05) is 5.43 Å². The van der Waals surface area contributed by atoms with Gasteiger partial charge in [-0.1, -0.05) is 0 Å². The van der Waals surface area contributed by atoms with Crippen LogP contribution in [0.4, 0.5) is 5.82 Å². The number of nitrogen functional groups attached to an aromatic ring is 1. The maximum Gasteiger partial charge on any atom is 0.194 e. The second-order valence-electron chi connectivity index (χ2n) is 3.42. The standard InChI is InChI=1S/C10H12N6S/c1-6-3-7(2)14-10(13-6)17-9-5-12-4-8(15-9)16-11/h3-5H,11H2,1-2H3,(H,15,16). The minimum absolute atomic E-state index is 0.513. The lowest BCUT2D eigenvalue weighted by Gasteiger charge is -2.03. The molecule has 0 unspecified atom stereocenters. The number of nitrogens with two attached hydrogens (primary N) is 1. The van der Waals surface area contributed by atoms with E-state index >= 15 is 0 Å². The van der Waals surface area contributed by atoms with E-state index in [-0.39, 0.29) is 0 Å². The van der Waals surface area contributed by atoms with E-state index in [0.29, 0.717) is 16.0 Å². The average molecular weight is 248 g/mol. The fourth-order valence-electron chi connectivity index (χ4n) is 1.30. The van der Waals surface area contributed by atoms with E-state index in [9.17, 15) is 0 Å². The molecule has 0 radical (unpaired) electrons. The number of hydrogen-bond donors (Lipinski definition) is 2. The Kier molecular flexibility index (Phi) is 3.50. The predicted octanol–water partition coefficient (Wildman–Crippen LogP) is 1.32. The fraction of sp³-hybridized carbons (Fsp3) is 0.200. The largest absolute Gasteiger partial charge is 0.307 e. The molecule has 3 N–H and O–H groups in total. The third kappa shape index (κ3) is 3.11. The van der Waals surface area contributed by atoms with Crippen molar-refractivity contribution in [1.29, 1.82) is 0 Å². The van der Waals surface area contributed by atoms with Gasteiger partial charge in [-0.25, -0.2) is 20.8 Å². The van der Waals surface area contributed by atoms with Gasteiger partial charge in [-0.05, 0) is 31.7 Å². The van der Waals surface area contributed by atoms with Crippen LogP contribution in [0, 0.1) is 13.8 Å². The van der Waals surface area contributed by atoms with E-state index < -0.39 is 0 Å². The van der Waals surface area contributed by atoms with Crippen molar-refractivity contribution in [3.63, 3.8) is 0 Å². The summed E-state index contributed by atoms with van der Waals surface area (Å²) in [7, 11) is 0. The number of aryl methyl sites for hydroxylation is 2. The molecule has 2 rings (SSSR count). The van der Waals surface area contributed by atoms with Crippen LogP contribution in [0.3, 0.4) is 0 Å². The number of hydrazine groups is 1. The quantitative estimate of drug-likeness (QED) is 0.481. The molecule has 2 aromatic rings. The smallest absolute Gasteiger partial charge is 0.194 e. The van der Waals surface area contributed by atoms with Gasteiger partial charge in [0.1, 0.15) is 5.03 Å². The Labute approximate surface area is 103 Å². The Bertz CT molecular complexity index is 510. The highest BCUT2D eigenvalue weighted by Gasteiger charge is 2.05. The van der Waals surface area contributed by atoms with Crippen LogP contribution in [-0.4, -0.2) is 19.9 Å². The number of aromatic nitrogens is 4. The van der Waals surface area contributed by atoms with E-state index in [1.165, 1.54) is 11.8 Å². The zero-order valence-corrected chi connectivity index (χ0v) is 10.3. The molecule has 88 valence electrons. The highest BCUT2D eigenvalue weighted by atomic mass is 32.2. The van der Waals surface area contributed by atoms with E-state index in [1.54, 1.807) is 12.4 Å². The third-order valence-electron chi connectivity index (χ3n) is 1.92. The maximum atomic E-state index is 5.27. The van der Waals surface area contributed by atoms with Crippen molar-refractivity contribution in [3.05, 3.63) is 29.8 Å². The van der Waals surface area contributed by atoms with Gasteiger partial charge in [0.2, 0.25) is 0 Å². The molecule has 17 heavy (non-hydrogen) atoms. The summed E-state index contributed by atoms with van der Waals surface area (Å²) in [4.78, 5) is 16.9. The zero-order valence-electron chi connectivity index (χ0n) is 9.51. The summed E-state index contributed by atoms with van der Waals surface area (Å²) in [5, 5.41) is 1.36. The van der Waals surface area contributed by atoms with Crippen LogP contribution in [0.5, 0.6) is 0 Å². The van der Waals surface area contributed by atoms with Gasteiger partial charge in [-0.3, -0.25) is 4.98 Å². The van der Waals surface area contributed by atoms with Crippen LogP contribution in [0.25, 0.3) is 0 Å². The van der Waals surface area contributed by atoms with Crippen LogP contribution in [0.2, 0.25) is 0 Å². The van der Waals surface area contributed by atoms with Crippen molar-refractivity contribution >= 4 is 17.6 Å². The lowest BCUT2D eigenvalue weighted by Crippen LogP contribution is -2.09. The summed E-state index contributed by atoms with van der Waals surface area (Å²) in [5.74, 6) is 5.78. The number of rotatable bonds is 3. The molecule has 0 aliphatic heterocycles. The minimum Gasteiger partial charge on any atom is -0.307 e. The molecule has 0 saturated carbocycles. The van der Waals surface area contributed by atoms with E-state index in [1.807, 2.05) is 19.9 Å². The number of nitrogens with one attached hydrogen (secondary N) is 1. The molecule has 0 saturated heterocycles. The third-order valence-corrected chi connectivity index (χ3v) is 2.69. The molecule has 2 aromatic heterocycles. The van der Waals surface area contributed by atoms with Crippen LogP contribution in [0.1, 0.15) is 11.4 Å². The normalized spacial score (nSPS) is 10.3. The van der Waals surface area contributed by atoms with Crippen molar-refractivity contribution in [1.82, 2.24) is 19.9 Å². The lowest BCUT2D eigenvalue weighted by atomic mass is 10.4. The Morgan fingerprint density at radius 1 is 1.12 bits per heavy atom. The number of hydrogen-bond acceptors (Lipinski definition) is 7. The van der Waals surface area contributed by atoms with Gasteiger partial charge in [-0.2, -0.15) is 0 Å². The molecule has 0 bridgehead atoms. The molecule has 2 heterocycles. The second-order valence-corrected chi connectivity index (χ2v) is 4.41. The summed E-state index contributed by atoms with van der Waals surface area (Å²) in [6.07, 6.45) is 3.19. The van der Waals surface area contributed by atoms with Gasteiger partial charge in [0.05, 0.1) is 12.4 Å². The fourth-order valence-corrected chi connectivity index (χ4v) is 2.12. The molecule has 0 amide bonds. The highest BCUT2D eigenvalue weighted by Crippen LogP contribution is 2.23. The lowest BCUT2D eigenvalue weighted by molar-refractivity contribution is 0.897. The molecule has 7 heteroatoms. The summed E-state index contributed by atoms with van der Waals surface area (Å²) in [6.45, 7) is 3.87. The van der Waals surface area contributed by atoms with Gasteiger partial charge >= 0.3 is 0 Å². The second kappa shape index (κ2) is 5.07. The Hall–Kier alpha value is -1.73. The van der Waals surface area contributed by atoms with E-state index in [2.05, 4.69) is 25.4 Å². The van der Waals surface area contributed by atoms with Gasteiger partial charge in [0.15, 0.2) is 11.0 Å². The van der Waals surface area contributed by atoms with Gasteiger partial charge in [-0.15, -0.1) is 0 Å². The molecule has 0 fully saturated rings. The maximum absolute atomic E-state index is 5.27. The van der Waals surface area contributed by atoms with Crippen molar-refractivity contribution < 1.29 is 0 Å². The molecular weight excluding hydrogens is 236 g/mol. The minimum atomic E-state index is 0.513. The molecule has 0 aliphatic carbocycles. The van der Waals surface area contributed by atoms with Crippen molar-refractivity contribution in [2.24, 2.45) is 5.84 Å². The van der Waals surface area contributed by atoms with Gasteiger partial charge in [0, 0.05) is 11.4 Å². The Morgan fingerprint density at radius 3 is 2.47 bits per heavy atom. The predicted molar refractivity (Wildman–Crippen MR) is 65.5 cm³/mol. The van der Waals surface area contributed by atoms with Gasteiger partial charge < -0.3 is 5.43 Å². The Balaban J connectivity index is 2.24. The van der Waals surface area contributed by atoms with E-state index in [4.69, 9.17) is 5.84 Å². The molecule has 0 aliphatic rings. The molecule has 0 aromatic carbocycles. The monoisotopic (exact) mass is 248 g/mol. The first kappa shape index (κ1) is 11.7. The van der Waals surface area contributed by atoms with Crippen molar-refractivity contribution in [3.8, 4) is 0 Å². The summed E-state index contributed by atoms with van der Waals surface area (Å²) in [5.41, 5.74) is 4.31. The number of nitrogens with zero attached hydrogens (tertiary/aromatic N) is 4. The summed E-state index contributed by atoms with van der Waals surface area (Å²) in [6, 6.07) is 1.92. The van der Waals surface area contributed by atoms with Crippen LogP contribution < -0.4 is 11.3 Å². The molecule has 0 spiro atoms. The molecule has 6 nitrogen and oxygen atoms in total. The highest BCUT2D eigenvalue weighted by molar-refractivity contribution is 7.99. The topological polar surface area (TPSA) is 89.6 Å². The first-order valence-electron chi connectivity index (χ1n) is 4.96. The SMILES string of the molecule is Cc1cc(C)nc(Sc2cncc(NN)n2)n1. The molecular formula is C10H12N6S. The zero-order chi connectivity index (χ0) is 12.3. The number of anilines is 1. The van der Waals surface area contributed by atoms with Crippen LogP contribution >= 0.6 is 11.8 Å². The van der Waals surface area contributed by atoms with Crippen LogP contribution in [0.15, 0.2) is 28.6 Å². The first-order chi connectivity index (χ1) is 8.17. The summed E-state index contributed by atoms with van der Waals surface area (Å²) < 4.78 is 0. The Morgan fingerprint density at radius 2 is 1.82 bits per heavy atom. The first-order valence-corrected chi connectivity index (χ1v) is 5.78. The molecule has 0 atom stereocenters. The van der Waals surface area contributed by atoms with Crippen LogP contribution in [-0.2, 0) is 0 Å². The average Bonchev–Trinajstić information content (AvgIpc) is 2.28. The van der Waals surface area contributed by atoms with Gasteiger partial charge in [0.25, 0.3) is 0 Å². The van der Waals surface area contributed by atoms with Crippen molar-refractivity contribution in [2.45, 2.75) is 24.0 Å². The summed E-state index contributed by atoms with van der Waals surface area (Å²) >= 11 is 1.35. The van der Waals surface area contributed by atoms with E-state index in [0.717, 1.165) is 11.4 Å².